The van der Waals surface area contributed by atoms with Crippen LogP contribution in [0.25, 0.3) is 0 Å². The van der Waals surface area contributed by atoms with Gasteiger partial charge in [-0.2, -0.15) is 0 Å². The summed E-state index contributed by atoms with van der Waals surface area (Å²) in [5, 5.41) is 4.46. The second-order valence-electron chi connectivity index (χ2n) is 6.94. The molecule has 0 N–H and O–H groups in total. The van der Waals surface area contributed by atoms with Crippen LogP contribution in [-0.4, -0.2) is 6.16 Å². The maximum Gasteiger partial charge on any atom is 0.112 e. The summed E-state index contributed by atoms with van der Waals surface area (Å²) in [6.07, 6.45) is 10.7. The Morgan fingerprint density at radius 1 is 0.593 bits per heavy atom. The van der Waals surface area contributed by atoms with Crippen LogP contribution in [-0.2, 0) is 0 Å². The van der Waals surface area contributed by atoms with E-state index in [4.69, 9.17) is 0 Å². The highest BCUT2D eigenvalue weighted by Gasteiger charge is 2.44. The molecular weight excluding hydrogens is 343 g/mol. The van der Waals surface area contributed by atoms with Crippen molar-refractivity contribution >= 4 is 23.2 Å². The van der Waals surface area contributed by atoms with E-state index in [0.29, 0.717) is 0 Å². The van der Waals surface area contributed by atoms with Crippen LogP contribution >= 0.6 is 7.26 Å². The zero-order valence-corrected chi connectivity index (χ0v) is 17.2. The van der Waals surface area contributed by atoms with E-state index < -0.39 is 7.26 Å². The molecule has 0 bridgehead atoms. The largest absolute Gasteiger partial charge is 0.112 e. The lowest BCUT2D eigenvalue weighted by atomic mass is 10.2. The topological polar surface area (TPSA) is 0 Å². The monoisotopic (exact) mass is 373 g/mol. The summed E-state index contributed by atoms with van der Waals surface area (Å²) in [7, 11) is -1.64. The molecule has 0 amide bonds. The molecule has 27 heavy (non-hydrogen) atoms. The van der Waals surface area contributed by atoms with Gasteiger partial charge in [0.1, 0.15) is 23.2 Å². The molecule has 0 fully saturated rings. The molecular formula is C26H30P+. The molecule has 0 saturated carbocycles. The average molecular weight is 374 g/mol. The summed E-state index contributed by atoms with van der Waals surface area (Å²) in [5.74, 6) is 0. The van der Waals surface area contributed by atoms with Crippen LogP contribution in [0.2, 0.25) is 0 Å². The van der Waals surface area contributed by atoms with Gasteiger partial charge in [0.15, 0.2) is 0 Å². The Kier molecular flexibility index (Phi) is 7.43. The van der Waals surface area contributed by atoms with Crippen LogP contribution in [0, 0.1) is 0 Å². The van der Waals surface area contributed by atoms with Crippen molar-refractivity contribution < 1.29 is 0 Å². The molecule has 3 aromatic carbocycles. The summed E-state index contributed by atoms with van der Waals surface area (Å²) in [5.41, 5.74) is 0. The SMILES string of the molecule is CCCC=CCCC[P+](c1ccccc1)(c1ccccc1)c1ccccc1. The number of rotatable bonds is 9. The summed E-state index contributed by atoms with van der Waals surface area (Å²) in [4.78, 5) is 0. The second kappa shape index (κ2) is 10.2. The maximum atomic E-state index is 2.37. The Morgan fingerprint density at radius 3 is 1.41 bits per heavy atom. The van der Waals surface area contributed by atoms with E-state index in [1.165, 1.54) is 41.3 Å². The molecule has 138 valence electrons. The van der Waals surface area contributed by atoms with Crippen LogP contribution in [0.3, 0.4) is 0 Å². The summed E-state index contributed by atoms with van der Waals surface area (Å²) >= 11 is 0. The molecule has 0 nitrogen and oxygen atoms in total. The molecule has 0 heterocycles. The zero-order valence-electron chi connectivity index (χ0n) is 16.3. The third kappa shape index (κ3) is 4.76. The smallest absolute Gasteiger partial charge is 0.0885 e. The predicted molar refractivity (Wildman–Crippen MR) is 123 cm³/mol. The van der Waals surface area contributed by atoms with Crippen LogP contribution in [0.4, 0.5) is 0 Å². The molecule has 0 spiro atoms. The van der Waals surface area contributed by atoms with Crippen LogP contribution in [0.5, 0.6) is 0 Å². The molecule has 0 saturated heterocycles. The minimum Gasteiger partial charge on any atom is -0.0885 e. The highest BCUT2D eigenvalue weighted by molar-refractivity contribution is 7.95. The minimum absolute atomic E-state index is 1.16. The first-order valence-electron chi connectivity index (χ1n) is 10.1. The van der Waals surface area contributed by atoms with Gasteiger partial charge in [-0.05, 0) is 55.7 Å². The van der Waals surface area contributed by atoms with Gasteiger partial charge in [0.05, 0.1) is 6.16 Å². The normalized spacial score (nSPS) is 11.7. The van der Waals surface area contributed by atoms with Gasteiger partial charge in [0.25, 0.3) is 0 Å². The lowest BCUT2D eigenvalue weighted by molar-refractivity contribution is 0.924. The van der Waals surface area contributed by atoms with E-state index >= 15 is 0 Å². The highest BCUT2D eigenvalue weighted by Crippen LogP contribution is 2.55. The molecule has 0 aliphatic rings. The van der Waals surface area contributed by atoms with E-state index in [1.54, 1.807) is 0 Å². The van der Waals surface area contributed by atoms with Gasteiger partial charge in [-0.25, -0.2) is 0 Å². The third-order valence-electron chi connectivity index (χ3n) is 5.08. The van der Waals surface area contributed by atoms with Gasteiger partial charge in [-0.3, -0.25) is 0 Å². The summed E-state index contributed by atoms with van der Waals surface area (Å²) in [6.45, 7) is 2.24. The number of allylic oxidation sites excluding steroid dienone is 2. The van der Waals surface area contributed by atoms with Crippen LogP contribution in [0.1, 0.15) is 32.6 Å². The molecule has 3 rings (SSSR count). The summed E-state index contributed by atoms with van der Waals surface area (Å²) < 4.78 is 0. The van der Waals surface area contributed by atoms with Crippen molar-refractivity contribution in [3.8, 4) is 0 Å². The van der Waals surface area contributed by atoms with Gasteiger partial charge >= 0.3 is 0 Å². The first kappa shape index (κ1) is 19.6. The quantitative estimate of drug-likeness (QED) is 0.241. The van der Waals surface area contributed by atoms with Crippen molar-refractivity contribution in [3.05, 3.63) is 103 Å². The highest BCUT2D eigenvalue weighted by atomic mass is 31.2. The molecule has 1 heteroatoms. The Morgan fingerprint density at radius 2 is 1.00 bits per heavy atom. The minimum atomic E-state index is -1.64. The molecule has 0 atom stereocenters. The van der Waals surface area contributed by atoms with E-state index in [2.05, 4.69) is 110 Å². The molecule has 0 aliphatic carbocycles. The Hall–Kier alpha value is -2.17. The van der Waals surface area contributed by atoms with Gasteiger partial charge < -0.3 is 0 Å². The van der Waals surface area contributed by atoms with Crippen molar-refractivity contribution in [2.75, 3.05) is 6.16 Å². The van der Waals surface area contributed by atoms with Crippen molar-refractivity contribution in [3.63, 3.8) is 0 Å². The molecule has 0 radical (unpaired) electrons. The van der Waals surface area contributed by atoms with Gasteiger partial charge in [-0.1, -0.05) is 80.1 Å². The van der Waals surface area contributed by atoms with Gasteiger partial charge in [0.2, 0.25) is 0 Å². The van der Waals surface area contributed by atoms with E-state index in [0.717, 1.165) is 6.42 Å². The molecule has 0 unspecified atom stereocenters. The van der Waals surface area contributed by atoms with E-state index in [-0.39, 0.29) is 0 Å². The lowest BCUT2D eigenvalue weighted by Gasteiger charge is -2.27. The number of hydrogen-bond acceptors (Lipinski definition) is 0. The van der Waals surface area contributed by atoms with Crippen molar-refractivity contribution in [2.45, 2.75) is 32.6 Å². The third-order valence-corrected chi connectivity index (χ3v) is 9.60. The van der Waals surface area contributed by atoms with E-state index in [1.807, 2.05) is 0 Å². The second-order valence-corrected chi connectivity index (χ2v) is 10.6. The van der Waals surface area contributed by atoms with E-state index in [9.17, 15) is 0 Å². The Bertz CT molecular complexity index is 710. The fourth-order valence-corrected chi connectivity index (χ4v) is 8.10. The first-order valence-corrected chi connectivity index (χ1v) is 12.1. The molecule has 0 aliphatic heterocycles. The maximum absolute atomic E-state index is 2.37. The first-order chi connectivity index (χ1) is 13.4. The van der Waals surface area contributed by atoms with Gasteiger partial charge in [0, 0.05) is 0 Å². The number of hydrogen-bond donors (Lipinski definition) is 0. The van der Waals surface area contributed by atoms with Crippen LogP contribution < -0.4 is 15.9 Å². The Balaban J connectivity index is 2.03. The zero-order chi connectivity index (χ0) is 18.8. The Labute approximate surface area is 165 Å². The van der Waals surface area contributed by atoms with Crippen molar-refractivity contribution in [1.29, 1.82) is 0 Å². The van der Waals surface area contributed by atoms with Crippen LogP contribution in [0.15, 0.2) is 103 Å². The van der Waals surface area contributed by atoms with Crippen molar-refractivity contribution in [1.82, 2.24) is 0 Å². The number of benzene rings is 3. The standard InChI is InChI=1S/C26H30P/c1-2-3-4-5-6-16-23-27(24-17-10-7-11-18-24,25-19-12-8-13-20-25)26-21-14-9-15-22-26/h4-5,7-15,17-22H,2-3,6,16,23H2,1H3/q+1. The number of unbranched alkanes of at least 4 members (excludes halogenated alkanes) is 2. The molecule has 3 aromatic rings. The van der Waals surface area contributed by atoms with Gasteiger partial charge in [-0.15, -0.1) is 0 Å². The lowest BCUT2D eigenvalue weighted by Crippen LogP contribution is -2.33. The average Bonchev–Trinajstić information content (AvgIpc) is 2.75. The summed E-state index contributed by atoms with van der Waals surface area (Å²) in [6, 6.07) is 33.5. The predicted octanol–water partition coefficient (Wildman–Crippen LogP) is 6.12. The van der Waals surface area contributed by atoms with Crippen molar-refractivity contribution in [2.24, 2.45) is 0 Å². The molecule has 0 aromatic heterocycles. The fourth-order valence-electron chi connectivity index (χ4n) is 3.73. The fraction of sp³-hybridized carbons (Fsp3) is 0.231.